The summed E-state index contributed by atoms with van der Waals surface area (Å²) in [5.41, 5.74) is 6.96. The van der Waals surface area contributed by atoms with Crippen molar-refractivity contribution in [1.82, 2.24) is 9.80 Å². The fourth-order valence-electron chi connectivity index (χ4n) is 4.42. The number of aliphatic hydroxyl groups is 1. The Morgan fingerprint density at radius 3 is 2.50 bits per heavy atom. The lowest BCUT2D eigenvalue weighted by molar-refractivity contribution is 0.0168. The normalized spacial score (nSPS) is 25.5. The molecule has 0 spiro atoms. The van der Waals surface area contributed by atoms with E-state index in [4.69, 9.17) is 20.7 Å². The van der Waals surface area contributed by atoms with E-state index >= 15 is 0 Å². The lowest BCUT2D eigenvalue weighted by atomic mass is 9.84. The van der Waals surface area contributed by atoms with Gasteiger partial charge in [0.15, 0.2) is 17.5 Å². The number of ether oxygens (including phenoxy) is 1. The highest BCUT2D eigenvalue weighted by Crippen LogP contribution is 2.42. The molecule has 32 heavy (non-hydrogen) atoms. The third-order valence-corrected chi connectivity index (χ3v) is 6.15. The zero-order valence-corrected chi connectivity index (χ0v) is 17.9. The molecule has 0 aliphatic carbocycles. The fraction of sp³-hybridized carbons (Fsp3) is 0.391. The highest BCUT2D eigenvalue weighted by molar-refractivity contribution is 5.82. The van der Waals surface area contributed by atoms with Crippen LogP contribution in [0.1, 0.15) is 35.1 Å². The van der Waals surface area contributed by atoms with Gasteiger partial charge in [-0.3, -0.25) is 0 Å². The third kappa shape index (κ3) is 3.87. The van der Waals surface area contributed by atoms with Gasteiger partial charge in [0.05, 0.1) is 24.6 Å². The van der Waals surface area contributed by atoms with Gasteiger partial charge in [0.25, 0.3) is 0 Å². The predicted octanol–water partition coefficient (Wildman–Crippen LogP) is 2.32. The van der Waals surface area contributed by atoms with Crippen LogP contribution in [0.2, 0.25) is 0 Å². The van der Waals surface area contributed by atoms with E-state index in [2.05, 4.69) is 0 Å². The maximum atomic E-state index is 14.5. The van der Waals surface area contributed by atoms with Gasteiger partial charge in [0, 0.05) is 26.2 Å². The van der Waals surface area contributed by atoms with Gasteiger partial charge in [-0.1, -0.05) is 12.1 Å². The number of likely N-dealkylation sites (N-methyl/N-ethyl adjacent to an activating group) is 1. The molecule has 2 aliphatic heterocycles. The van der Waals surface area contributed by atoms with Crippen LogP contribution >= 0.6 is 0 Å². The largest absolute Gasteiger partial charge is 0.494 e. The van der Waals surface area contributed by atoms with E-state index in [1.54, 1.807) is 24.1 Å². The predicted molar refractivity (Wildman–Crippen MR) is 115 cm³/mol. The lowest BCUT2D eigenvalue weighted by Crippen LogP contribution is -2.53. The smallest absolute Gasteiger partial charge is 0.199 e. The summed E-state index contributed by atoms with van der Waals surface area (Å²) in [4.78, 5) is 8.51. The molecule has 4 rings (SSSR count). The second-order valence-corrected chi connectivity index (χ2v) is 8.16. The Kier molecular flexibility index (Phi) is 6.00. The quantitative estimate of drug-likeness (QED) is 0.759. The van der Waals surface area contributed by atoms with E-state index < -0.39 is 29.8 Å². The van der Waals surface area contributed by atoms with Gasteiger partial charge in [-0.2, -0.15) is 5.26 Å². The zero-order chi connectivity index (χ0) is 23.0. The molecule has 7 nitrogen and oxygen atoms in total. The van der Waals surface area contributed by atoms with Crippen molar-refractivity contribution in [1.29, 1.82) is 5.26 Å². The number of aliphatic imine (C=N–C) groups is 1. The molecule has 168 valence electrons. The molecule has 9 heteroatoms. The second kappa shape index (κ2) is 8.73. The molecular weight excluding hydrogens is 416 g/mol. The summed E-state index contributed by atoms with van der Waals surface area (Å²) >= 11 is 0. The van der Waals surface area contributed by atoms with E-state index in [1.807, 2.05) is 11.0 Å². The van der Waals surface area contributed by atoms with Crippen LogP contribution in [0.5, 0.6) is 5.75 Å². The van der Waals surface area contributed by atoms with E-state index in [9.17, 15) is 13.9 Å². The molecule has 0 radical (unpaired) electrons. The van der Waals surface area contributed by atoms with Crippen LogP contribution in [0.3, 0.4) is 0 Å². The van der Waals surface area contributed by atoms with Crippen LogP contribution in [0.4, 0.5) is 8.78 Å². The molecule has 2 aromatic rings. The average Bonchev–Trinajstić information content (AvgIpc) is 3.21. The summed E-state index contributed by atoms with van der Waals surface area (Å²) in [6.45, 7) is 1.28. The van der Waals surface area contributed by atoms with Gasteiger partial charge < -0.3 is 25.4 Å². The first-order chi connectivity index (χ1) is 15.3. The molecule has 3 unspecified atom stereocenters. The van der Waals surface area contributed by atoms with Crippen molar-refractivity contribution in [3.63, 3.8) is 0 Å². The van der Waals surface area contributed by atoms with E-state index in [0.29, 0.717) is 30.2 Å². The number of hydrogen-bond acceptors (Lipinski definition) is 7. The molecule has 3 N–H and O–H groups in total. The molecule has 2 aromatic carbocycles. The Bertz CT molecular complexity index is 1090. The summed E-state index contributed by atoms with van der Waals surface area (Å²) in [6, 6.07) is 9.84. The number of nitrogens with zero attached hydrogens (tertiary/aromatic N) is 4. The number of nitriles is 1. The maximum Gasteiger partial charge on any atom is 0.199 e. The van der Waals surface area contributed by atoms with Crippen LogP contribution in [0.25, 0.3) is 0 Å². The summed E-state index contributed by atoms with van der Waals surface area (Å²) in [7, 11) is 3.09. The Hall–Kier alpha value is -3.22. The van der Waals surface area contributed by atoms with Crippen molar-refractivity contribution < 1.29 is 18.6 Å². The SMILES string of the molecule is COc1ccc(C2C(c3ccc(C#N)c(F)c3)N=C(N3CC[C@H](N)C3)N(C)C2O)cc1F. The summed E-state index contributed by atoms with van der Waals surface area (Å²) in [5.74, 6) is -1.29. The number of methoxy groups -OCH3 is 1. The van der Waals surface area contributed by atoms with Crippen molar-refractivity contribution in [2.75, 3.05) is 27.2 Å². The molecule has 1 fully saturated rings. The van der Waals surface area contributed by atoms with Gasteiger partial charge in [-0.05, 0) is 41.8 Å². The monoisotopic (exact) mass is 441 g/mol. The topological polar surface area (TPSA) is 98.1 Å². The van der Waals surface area contributed by atoms with Crippen LogP contribution in [0, 0.1) is 23.0 Å². The van der Waals surface area contributed by atoms with Crippen LogP contribution in [0.15, 0.2) is 41.4 Å². The molecule has 0 amide bonds. The zero-order valence-electron chi connectivity index (χ0n) is 17.9. The number of benzene rings is 2. The molecular formula is C23H25F2N5O2. The number of likely N-dealkylation sites (tertiary alicyclic amines) is 1. The number of rotatable bonds is 3. The van der Waals surface area contributed by atoms with Crippen molar-refractivity contribution >= 4 is 5.96 Å². The third-order valence-electron chi connectivity index (χ3n) is 6.15. The standard InChI is InChI=1S/C23H25F2N5O2/c1-29-22(31)20(13-5-6-19(32-2)18(25)9-13)21(14-3-4-15(11-26)17(24)10-14)28-23(29)30-8-7-16(27)12-30/h3-6,9-10,16,20-22,31H,7-8,12,27H2,1-2H3/t16-,20?,21?,22?/m0/s1. The van der Waals surface area contributed by atoms with Gasteiger partial charge in [-0.15, -0.1) is 0 Å². The number of aliphatic hydroxyl groups excluding tert-OH is 1. The Morgan fingerprint density at radius 2 is 1.91 bits per heavy atom. The van der Waals surface area contributed by atoms with Crippen LogP contribution in [-0.2, 0) is 0 Å². The van der Waals surface area contributed by atoms with Gasteiger partial charge in [-0.25, -0.2) is 13.8 Å². The van der Waals surface area contributed by atoms with Gasteiger partial charge in [0.2, 0.25) is 0 Å². The van der Waals surface area contributed by atoms with Gasteiger partial charge in [0.1, 0.15) is 18.1 Å². The van der Waals surface area contributed by atoms with Crippen LogP contribution < -0.4 is 10.5 Å². The number of hydrogen-bond donors (Lipinski definition) is 2. The minimum atomic E-state index is -1.06. The van der Waals surface area contributed by atoms with Crippen molar-refractivity contribution in [3.8, 4) is 11.8 Å². The highest BCUT2D eigenvalue weighted by atomic mass is 19.1. The average molecular weight is 441 g/mol. The molecule has 2 heterocycles. The van der Waals surface area contributed by atoms with Crippen LogP contribution in [-0.4, -0.2) is 60.4 Å². The second-order valence-electron chi connectivity index (χ2n) is 8.16. The molecule has 0 saturated carbocycles. The summed E-state index contributed by atoms with van der Waals surface area (Å²) in [5, 5.41) is 20.4. The first kappa shape index (κ1) is 22.0. The number of halogens is 2. The Labute approximate surface area is 185 Å². The highest BCUT2D eigenvalue weighted by Gasteiger charge is 2.41. The minimum Gasteiger partial charge on any atom is -0.494 e. The molecule has 2 aliphatic rings. The van der Waals surface area contributed by atoms with E-state index in [0.717, 1.165) is 6.42 Å². The summed E-state index contributed by atoms with van der Waals surface area (Å²) in [6.07, 6.45) is -0.262. The molecule has 0 bridgehead atoms. The van der Waals surface area contributed by atoms with E-state index in [1.165, 1.54) is 31.4 Å². The van der Waals surface area contributed by atoms with Crippen molar-refractivity contribution in [3.05, 3.63) is 64.7 Å². The summed E-state index contributed by atoms with van der Waals surface area (Å²) < 4.78 is 34.0. The van der Waals surface area contributed by atoms with E-state index in [-0.39, 0.29) is 17.4 Å². The molecule has 0 aromatic heterocycles. The Balaban J connectivity index is 1.83. The van der Waals surface area contributed by atoms with Gasteiger partial charge >= 0.3 is 0 Å². The lowest BCUT2D eigenvalue weighted by Gasteiger charge is -2.43. The number of guanidine groups is 1. The minimum absolute atomic E-state index is 0.00227. The number of nitrogens with two attached hydrogens (primary N) is 1. The Morgan fingerprint density at radius 1 is 1.19 bits per heavy atom. The van der Waals surface area contributed by atoms with Crippen molar-refractivity contribution in [2.45, 2.75) is 30.7 Å². The maximum absolute atomic E-state index is 14.5. The molecule has 1 saturated heterocycles. The van der Waals surface area contributed by atoms with Crippen molar-refractivity contribution in [2.24, 2.45) is 10.7 Å². The molecule has 4 atom stereocenters. The first-order valence-corrected chi connectivity index (χ1v) is 10.4. The first-order valence-electron chi connectivity index (χ1n) is 10.4. The fourth-order valence-corrected chi connectivity index (χ4v) is 4.42.